The molecule has 3 heteroatoms. The predicted molar refractivity (Wildman–Crippen MR) is 76.0 cm³/mol. The van der Waals surface area contributed by atoms with Gasteiger partial charge in [-0.3, -0.25) is 0 Å². The van der Waals surface area contributed by atoms with E-state index >= 15 is 0 Å². The van der Waals surface area contributed by atoms with Crippen LogP contribution in [0.25, 0.3) is 0 Å². The van der Waals surface area contributed by atoms with Gasteiger partial charge in [0.05, 0.1) is 5.02 Å². The Morgan fingerprint density at radius 3 is 2.89 bits per heavy atom. The second kappa shape index (κ2) is 5.50. The van der Waals surface area contributed by atoms with E-state index in [9.17, 15) is 5.11 Å². The zero-order valence-corrected chi connectivity index (χ0v) is 11.9. The second-order valence-electron chi connectivity index (χ2n) is 5.92. The number of phenolic OH excluding ortho intramolecular Hbond substituents is 1. The lowest BCUT2D eigenvalue weighted by Crippen LogP contribution is -2.43. The molecule has 1 fully saturated rings. The smallest absolute Gasteiger partial charge is 0.138 e. The highest BCUT2D eigenvalue weighted by atomic mass is 35.5. The molecule has 1 aromatic rings. The third-order valence-electron chi connectivity index (χ3n) is 4.12. The van der Waals surface area contributed by atoms with Crippen LogP contribution in [0.3, 0.4) is 0 Å². The van der Waals surface area contributed by atoms with Crippen LogP contribution in [0, 0.1) is 5.41 Å². The summed E-state index contributed by atoms with van der Waals surface area (Å²) in [6, 6.07) is 6.03. The van der Waals surface area contributed by atoms with Gasteiger partial charge in [0.2, 0.25) is 0 Å². The first-order chi connectivity index (χ1) is 8.50. The predicted octanol–water partition coefficient (Wildman–Crippen LogP) is 4.10. The number of nitrogens with one attached hydrogen (secondary N) is 1. The first-order valence-electron chi connectivity index (χ1n) is 6.70. The molecular formula is C15H22ClNO. The van der Waals surface area contributed by atoms with Gasteiger partial charge in [-0.2, -0.15) is 0 Å². The highest BCUT2D eigenvalue weighted by Gasteiger charge is 2.31. The average Bonchev–Trinajstić information content (AvgIpc) is 2.32. The zero-order valence-electron chi connectivity index (χ0n) is 11.2. The Kier molecular flexibility index (Phi) is 4.18. The molecule has 2 N–H and O–H groups in total. The maximum absolute atomic E-state index is 9.89. The van der Waals surface area contributed by atoms with Crippen LogP contribution in [0.5, 0.6) is 5.75 Å². The Hall–Kier alpha value is -0.730. The summed E-state index contributed by atoms with van der Waals surface area (Å²) in [6.45, 7) is 5.32. The van der Waals surface area contributed by atoms with Crippen LogP contribution in [0.4, 0.5) is 0 Å². The first-order valence-corrected chi connectivity index (χ1v) is 7.08. The van der Waals surface area contributed by atoms with Crippen molar-refractivity contribution in [2.75, 3.05) is 0 Å². The van der Waals surface area contributed by atoms with E-state index in [0.717, 1.165) is 5.56 Å². The number of halogens is 1. The number of benzene rings is 1. The van der Waals surface area contributed by atoms with E-state index in [1.165, 1.54) is 25.7 Å². The molecule has 2 rings (SSSR count). The van der Waals surface area contributed by atoms with E-state index in [4.69, 9.17) is 11.6 Å². The minimum absolute atomic E-state index is 0.209. The number of hydrogen-bond donors (Lipinski definition) is 2. The number of hydrogen-bond acceptors (Lipinski definition) is 2. The molecule has 0 radical (unpaired) electrons. The molecule has 0 saturated heterocycles. The van der Waals surface area contributed by atoms with Crippen LogP contribution in [-0.4, -0.2) is 11.1 Å². The van der Waals surface area contributed by atoms with E-state index in [-0.39, 0.29) is 5.75 Å². The lowest BCUT2D eigenvalue weighted by atomic mass is 9.73. The van der Waals surface area contributed by atoms with Crippen LogP contribution >= 0.6 is 11.6 Å². The Morgan fingerprint density at radius 1 is 1.39 bits per heavy atom. The van der Waals surface area contributed by atoms with Crippen molar-refractivity contribution < 1.29 is 5.11 Å². The first kappa shape index (κ1) is 13.7. The largest absolute Gasteiger partial charge is 0.506 e. The molecule has 0 aromatic heterocycles. The van der Waals surface area contributed by atoms with Crippen molar-refractivity contribution in [3.05, 3.63) is 28.8 Å². The van der Waals surface area contributed by atoms with Gasteiger partial charge in [0.1, 0.15) is 5.75 Å². The third-order valence-corrected chi connectivity index (χ3v) is 4.42. The van der Waals surface area contributed by atoms with E-state index in [2.05, 4.69) is 19.2 Å². The molecule has 0 spiro atoms. The van der Waals surface area contributed by atoms with Crippen molar-refractivity contribution >= 4 is 11.6 Å². The average molecular weight is 268 g/mol. The van der Waals surface area contributed by atoms with Gasteiger partial charge in [-0.1, -0.05) is 50.4 Å². The summed E-state index contributed by atoms with van der Waals surface area (Å²) >= 11 is 5.91. The fraction of sp³-hybridized carbons (Fsp3) is 0.600. The van der Waals surface area contributed by atoms with Crippen molar-refractivity contribution in [3.63, 3.8) is 0 Å². The van der Waals surface area contributed by atoms with Crippen LogP contribution in [0.1, 0.15) is 45.1 Å². The molecule has 1 aliphatic carbocycles. The second-order valence-corrected chi connectivity index (χ2v) is 6.32. The highest BCUT2D eigenvalue weighted by Crippen LogP contribution is 2.36. The van der Waals surface area contributed by atoms with Crippen molar-refractivity contribution in [2.24, 2.45) is 5.41 Å². The van der Waals surface area contributed by atoms with Gasteiger partial charge in [-0.25, -0.2) is 0 Å². The van der Waals surface area contributed by atoms with Crippen LogP contribution < -0.4 is 5.32 Å². The van der Waals surface area contributed by atoms with Gasteiger partial charge >= 0.3 is 0 Å². The summed E-state index contributed by atoms with van der Waals surface area (Å²) in [4.78, 5) is 0. The summed E-state index contributed by atoms with van der Waals surface area (Å²) in [7, 11) is 0. The normalized spacial score (nSPS) is 22.9. The zero-order chi connectivity index (χ0) is 13.2. The SMILES string of the molecule is CC1(C)CCCCC1NCc1cccc(Cl)c1O. The number of aromatic hydroxyl groups is 1. The summed E-state index contributed by atoms with van der Waals surface area (Å²) in [5.41, 5.74) is 1.22. The number of para-hydroxylation sites is 1. The van der Waals surface area contributed by atoms with Crippen molar-refractivity contribution in [3.8, 4) is 5.75 Å². The van der Waals surface area contributed by atoms with Crippen LogP contribution in [0.15, 0.2) is 18.2 Å². The van der Waals surface area contributed by atoms with Crippen molar-refractivity contribution in [1.29, 1.82) is 0 Å². The number of phenols is 1. The lowest BCUT2D eigenvalue weighted by Gasteiger charge is -2.39. The Bertz CT molecular complexity index is 417. The highest BCUT2D eigenvalue weighted by molar-refractivity contribution is 6.32. The maximum Gasteiger partial charge on any atom is 0.138 e. The standard InChI is InChI=1S/C15H22ClNO/c1-15(2)9-4-3-8-13(15)17-10-11-6-5-7-12(16)14(11)18/h5-7,13,17-18H,3-4,8-10H2,1-2H3. The molecule has 0 heterocycles. The fourth-order valence-electron chi connectivity index (χ4n) is 2.81. The van der Waals surface area contributed by atoms with E-state index < -0.39 is 0 Å². The van der Waals surface area contributed by atoms with E-state index in [0.29, 0.717) is 23.0 Å². The summed E-state index contributed by atoms with van der Waals surface area (Å²) in [6.07, 6.45) is 5.11. The number of rotatable bonds is 3. The molecule has 0 aliphatic heterocycles. The minimum Gasteiger partial charge on any atom is -0.506 e. The molecule has 1 saturated carbocycles. The molecule has 2 nitrogen and oxygen atoms in total. The monoisotopic (exact) mass is 267 g/mol. The summed E-state index contributed by atoms with van der Waals surface area (Å²) in [5.74, 6) is 0.209. The summed E-state index contributed by atoms with van der Waals surface area (Å²) in [5, 5.41) is 13.9. The van der Waals surface area contributed by atoms with Gasteiger partial charge in [-0.15, -0.1) is 0 Å². The van der Waals surface area contributed by atoms with Gasteiger partial charge in [0.15, 0.2) is 0 Å². The Morgan fingerprint density at radius 2 is 2.17 bits per heavy atom. The van der Waals surface area contributed by atoms with Crippen LogP contribution in [0.2, 0.25) is 5.02 Å². The maximum atomic E-state index is 9.89. The van der Waals surface area contributed by atoms with Crippen molar-refractivity contribution in [1.82, 2.24) is 5.32 Å². The molecule has 0 bridgehead atoms. The van der Waals surface area contributed by atoms with Gasteiger partial charge < -0.3 is 10.4 Å². The molecular weight excluding hydrogens is 246 g/mol. The molecule has 18 heavy (non-hydrogen) atoms. The van der Waals surface area contributed by atoms with Gasteiger partial charge in [0.25, 0.3) is 0 Å². The van der Waals surface area contributed by atoms with E-state index in [1.54, 1.807) is 6.07 Å². The molecule has 1 aromatic carbocycles. The Labute approximate surface area is 114 Å². The molecule has 1 atom stereocenters. The minimum atomic E-state index is 0.209. The van der Waals surface area contributed by atoms with Gasteiger partial charge in [-0.05, 0) is 24.3 Å². The fourth-order valence-corrected chi connectivity index (χ4v) is 3.00. The van der Waals surface area contributed by atoms with Gasteiger partial charge in [0, 0.05) is 18.2 Å². The molecule has 1 aliphatic rings. The third kappa shape index (κ3) is 2.99. The quantitative estimate of drug-likeness (QED) is 0.864. The van der Waals surface area contributed by atoms with Crippen molar-refractivity contribution in [2.45, 2.75) is 52.1 Å². The van der Waals surface area contributed by atoms with E-state index in [1.807, 2.05) is 12.1 Å². The topological polar surface area (TPSA) is 32.3 Å². The summed E-state index contributed by atoms with van der Waals surface area (Å²) < 4.78 is 0. The molecule has 0 amide bonds. The molecule has 100 valence electrons. The Balaban J connectivity index is 2.00. The lowest BCUT2D eigenvalue weighted by molar-refractivity contribution is 0.166. The molecule has 1 unspecified atom stereocenters. The van der Waals surface area contributed by atoms with Crippen LogP contribution in [-0.2, 0) is 6.54 Å².